The van der Waals surface area contributed by atoms with Gasteiger partial charge in [-0.05, 0) is 38.6 Å². The first kappa shape index (κ1) is 15.4. The molecule has 1 saturated heterocycles. The van der Waals surface area contributed by atoms with Crippen molar-refractivity contribution >= 4 is 5.91 Å². The minimum Gasteiger partial charge on any atom is -0.495 e. The van der Waals surface area contributed by atoms with Crippen LogP contribution in [0.2, 0.25) is 0 Å². The number of hydrogen-bond donors (Lipinski definition) is 1. The molecule has 4 heteroatoms. The molecule has 1 unspecified atom stereocenters. The molecule has 1 heterocycles. The molecule has 1 atom stereocenters. The maximum Gasteiger partial charge on any atom is 0.225 e. The smallest absolute Gasteiger partial charge is 0.225 e. The van der Waals surface area contributed by atoms with Gasteiger partial charge in [0.25, 0.3) is 0 Å². The number of hydrogen-bond acceptors (Lipinski definition) is 3. The summed E-state index contributed by atoms with van der Waals surface area (Å²) in [7, 11) is 3.68. The van der Waals surface area contributed by atoms with Gasteiger partial charge in [0.15, 0.2) is 0 Å². The topological polar surface area (TPSA) is 41.6 Å². The van der Waals surface area contributed by atoms with Crippen molar-refractivity contribution in [1.29, 1.82) is 0 Å². The lowest BCUT2D eigenvalue weighted by Crippen LogP contribution is -2.41. The lowest BCUT2D eigenvalue weighted by Gasteiger charge is -2.28. The summed E-state index contributed by atoms with van der Waals surface area (Å²) in [5.74, 6) is 6.97. The van der Waals surface area contributed by atoms with E-state index < -0.39 is 0 Å². The number of nitrogens with one attached hydrogen (secondary N) is 1. The number of para-hydroxylation sites is 1. The Kier molecular flexibility index (Phi) is 5.65. The van der Waals surface area contributed by atoms with Gasteiger partial charge in [-0.2, -0.15) is 0 Å². The van der Waals surface area contributed by atoms with Gasteiger partial charge < -0.3 is 15.0 Å². The van der Waals surface area contributed by atoms with Crippen molar-refractivity contribution in [1.82, 2.24) is 10.2 Å². The van der Waals surface area contributed by atoms with E-state index in [0.717, 1.165) is 37.2 Å². The molecule has 0 saturated carbocycles. The molecule has 2 rings (SSSR count). The maximum absolute atomic E-state index is 12.0. The monoisotopic (exact) mass is 286 g/mol. The van der Waals surface area contributed by atoms with Gasteiger partial charge in [-0.15, -0.1) is 0 Å². The number of rotatable bonds is 3. The predicted molar refractivity (Wildman–Crippen MR) is 83.1 cm³/mol. The van der Waals surface area contributed by atoms with Crippen LogP contribution in [0.1, 0.15) is 18.4 Å². The molecule has 0 bridgehead atoms. The van der Waals surface area contributed by atoms with Gasteiger partial charge in [-0.25, -0.2) is 0 Å². The van der Waals surface area contributed by atoms with E-state index in [4.69, 9.17) is 4.74 Å². The number of benzene rings is 1. The third-order valence-electron chi connectivity index (χ3n) is 3.68. The Bertz CT molecular complexity index is 545. The van der Waals surface area contributed by atoms with Crippen molar-refractivity contribution < 1.29 is 9.53 Å². The number of methoxy groups -OCH3 is 1. The highest BCUT2D eigenvalue weighted by atomic mass is 16.5. The van der Waals surface area contributed by atoms with Gasteiger partial charge in [0, 0.05) is 6.54 Å². The number of carbonyl (C=O) groups is 1. The fourth-order valence-electron chi connectivity index (χ4n) is 2.54. The lowest BCUT2D eigenvalue weighted by molar-refractivity contribution is -0.126. The summed E-state index contributed by atoms with van der Waals surface area (Å²) in [4.78, 5) is 14.3. The van der Waals surface area contributed by atoms with Crippen molar-refractivity contribution in [3.05, 3.63) is 29.8 Å². The second kappa shape index (κ2) is 7.70. The van der Waals surface area contributed by atoms with Crippen LogP contribution in [0.15, 0.2) is 24.3 Å². The highest BCUT2D eigenvalue weighted by Gasteiger charge is 2.23. The van der Waals surface area contributed by atoms with Gasteiger partial charge in [0.05, 0.1) is 25.1 Å². The number of carbonyl (C=O) groups excluding carboxylic acids is 1. The first-order valence-corrected chi connectivity index (χ1v) is 7.29. The van der Waals surface area contributed by atoms with E-state index in [1.807, 2.05) is 24.3 Å². The molecule has 0 spiro atoms. The summed E-state index contributed by atoms with van der Waals surface area (Å²) >= 11 is 0. The fraction of sp³-hybridized carbons (Fsp3) is 0.471. The second-order valence-electron chi connectivity index (χ2n) is 5.32. The third-order valence-corrected chi connectivity index (χ3v) is 3.68. The van der Waals surface area contributed by atoms with Gasteiger partial charge in [-0.3, -0.25) is 4.79 Å². The highest BCUT2D eigenvalue weighted by Crippen LogP contribution is 2.16. The van der Waals surface area contributed by atoms with Crippen LogP contribution in [0.3, 0.4) is 0 Å². The molecule has 1 aliphatic heterocycles. The van der Waals surface area contributed by atoms with E-state index in [0.29, 0.717) is 6.54 Å². The van der Waals surface area contributed by atoms with E-state index in [-0.39, 0.29) is 11.8 Å². The van der Waals surface area contributed by atoms with E-state index >= 15 is 0 Å². The van der Waals surface area contributed by atoms with Crippen LogP contribution in [0.5, 0.6) is 5.75 Å². The summed E-state index contributed by atoms with van der Waals surface area (Å²) < 4.78 is 5.24. The molecular formula is C17H22N2O2. The standard InChI is InChI=1S/C17H22N2O2/c1-19-12-6-9-15(13-19)17(20)18-11-5-8-14-7-3-4-10-16(14)21-2/h3-4,7,10,15H,6,9,11-13H2,1-2H3,(H,18,20). The van der Waals surface area contributed by atoms with Crippen LogP contribution in [0.4, 0.5) is 0 Å². The molecule has 0 aromatic heterocycles. The molecule has 21 heavy (non-hydrogen) atoms. The lowest BCUT2D eigenvalue weighted by atomic mass is 9.98. The maximum atomic E-state index is 12.0. The zero-order chi connectivity index (χ0) is 15.1. The summed E-state index contributed by atoms with van der Waals surface area (Å²) in [5.41, 5.74) is 0.839. The molecule has 4 nitrogen and oxygen atoms in total. The number of likely N-dealkylation sites (tertiary alicyclic amines) is 1. The minimum absolute atomic E-state index is 0.0943. The first-order chi connectivity index (χ1) is 10.2. The molecule has 1 amide bonds. The molecule has 0 radical (unpaired) electrons. The highest BCUT2D eigenvalue weighted by molar-refractivity contribution is 5.79. The van der Waals surface area contributed by atoms with Gasteiger partial charge >= 0.3 is 0 Å². The Morgan fingerprint density at radius 1 is 1.48 bits per heavy atom. The average molecular weight is 286 g/mol. The van der Waals surface area contributed by atoms with Crippen LogP contribution < -0.4 is 10.1 Å². The van der Waals surface area contributed by atoms with Crippen molar-refractivity contribution in [2.45, 2.75) is 12.8 Å². The molecule has 112 valence electrons. The van der Waals surface area contributed by atoms with Crippen molar-refractivity contribution in [2.24, 2.45) is 5.92 Å². The second-order valence-corrected chi connectivity index (χ2v) is 5.32. The summed E-state index contributed by atoms with van der Waals surface area (Å²) in [6, 6.07) is 7.61. The Morgan fingerprint density at radius 2 is 2.29 bits per heavy atom. The molecule has 1 aliphatic rings. The van der Waals surface area contributed by atoms with Crippen molar-refractivity contribution in [3.8, 4) is 17.6 Å². The first-order valence-electron chi connectivity index (χ1n) is 7.29. The Hall–Kier alpha value is -1.99. The number of amides is 1. The summed E-state index contributed by atoms with van der Waals surface area (Å²) in [6.07, 6.45) is 2.05. The third kappa shape index (κ3) is 4.51. The number of ether oxygens (including phenoxy) is 1. The Morgan fingerprint density at radius 3 is 3.05 bits per heavy atom. The van der Waals surface area contributed by atoms with Gasteiger partial charge in [-0.1, -0.05) is 24.0 Å². The van der Waals surface area contributed by atoms with Crippen molar-refractivity contribution in [3.63, 3.8) is 0 Å². The van der Waals surface area contributed by atoms with Crippen LogP contribution >= 0.6 is 0 Å². The van der Waals surface area contributed by atoms with E-state index in [2.05, 4.69) is 29.1 Å². The SMILES string of the molecule is COc1ccccc1C#CCNC(=O)C1CCCN(C)C1. The quantitative estimate of drug-likeness (QED) is 0.856. The van der Waals surface area contributed by atoms with Crippen LogP contribution in [-0.2, 0) is 4.79 Å². The molecule has 1 N–H and O–H groups in total. The minimum atomic E-state index is 0.0943. The molecule has 0 aliphatic carbocycles. The van der Waals surface area contributed by atoms with Gasteiger partial charge in [0.1, 0.15) is 5.75 Å². The molecule has 1 fully saturated rings. The van der Waals surface area contributed by atoms with E-state index in [1.54, 1.807) is 7.11 Å². The Labute approximate surface area is 126 Å². The molecule has 1 aromatic rings. The zero-order valence-corrected chi connectivity index (χ0v) is 12.7. The summed E-state index contributed by atoms with van der Waals surface area (Å²) in [5, 5.41) is 2.90. The molecular weight excluding hydrogens is 264 g/mol. The van der Waals surface area contributed by atoms with E-state index in [1.165, 1.54) is 0 Å². The van der Waals surface area contributed by atoms with Gasteiger partial charge in [0.2, 0.25) is 5.91 Å². The number of nitrogens with zero attached hydrogens (tertiary/aromatic N) is 1. The predicted octanol–water partition coefficient (Wildman–Crippen LogP) is 1.50. The average Bonchev–Trinajstić information content (AvgIpc) is 2.51. The molecule has 1 aromatic carbocycles. The Balaban J connectivity index is 1.84. The van der Waals surface area contributed by atoms with Crippen LogP contribution in [0, 0.1) is 17.8 Å². The van der Waals surface area contributed by atoms with Crippen LogP contribution in [0.25, 0.3) is 0 Å². The van der Waals surface area contributed by atoms with E-state index in [9.17, 15) is 4.79 Å². The normalized spacial score (nSPS) is 18.5. The van der Waals surface area contributed by atoms with Crippen LogP contribution in [-0.4, -0.2) is 44.6 Å². The number of piperidine rings is 1. The summed E-state index contributed by atoms with van der Waals surface area (Å²) in [6.45, 7) is 2.29. The zero-order valence-electron chi connectivity index (χ0n) is 12.7. The van der Waals surface area contributed by atoms with Crippen molar-refractivity contribution in [2.75, 3.05) is 33.8 Å². The largest absolute Gasteiger partial charge is 0.495 e. The fourth-order valence-corrected chi connectivity index (χ4v) is 2.54.